The number of pyridine rings is 1. The quantitative estimate of drug-likeness (QED) is 0.231. The Bertz CT molecular complexity index is 1750. The summed E-state index contributed by atoms with van der Waals surface area (Å²) in [5, 5.41) is 12.4. The first-order chi connectivity index (χ1) is 22.2. The van der Waals surface area contributed by atoms with E-state index in [9.17, 15) is 14.4 Å². The van der Waals surface area contributed by atoms with Crippen LogP contribution in [-0.4, -0.2) is 92.7 Å². The number of halogens is 2. The molecule has 240 valence electrons. The Morgan fingerprint density at radius 1 is 1.26 bits per heavy atom. The van der Waals surface area contributed by atoms with Crippen molar-refractivity contribution in [2.45, 2.75) is 61.4 Å². The summed E-state index contributed by atoms with van der Waals surface area (Å²) in [5.41, 5.74) is 2.80. The molecule has 3 fully saturated rings. The molecule has 1 aliphatic carbocycles. The molecule has 1 amide bonds. The van der Waals surface area contributed by atoms with Crippen LogP contribution in [0.3, 0.4) is 0 Å². The molecule has 13 heteroatoms. The van der Waals surface area contributed by atoms with Gasteiger partial charge in [0.2, 0.25) is 0 Å². The molecule has 0 spiro atoms. The summed E-state index contributed by atoms with van der Waals surface area (Å²) in [5.74, 6) is -1.05. The van der Waals surface area contributed by atoms with Crippen molar-refractivity contribution < 1.29 is 13.9 Å². The normalized spacial score (nSPS) is 24.1. The molecule has 3 aliphatic heterocycles. The third-order valence-corrected chi connectivity index (χ3v) is 11.7. The Hall–Kier alpha value is -3.66. The van der Waals surface area contributed by atoms with Gasteiger partial charge < -0.3 is 19.4 Å². The number of hydrogen-bond acceptors (Lipinski definition) is 10. The highest BCUT2D eigenvalue weighted by Crippen LogP contribution is 2.57. The number of nitrogens with zero attached hydrogens (tertiary/aromatic N) is 8. The fourth-order valence-electron chi connectivity index (χ4n) is 6.81. The number of benzene rings is 1. The molecule has 46 heavy (non-hydrogen) atoms. The van der Waals surface area contributed by atoms with E-state index in [0.29, 0.717) is 61.5 Å². The monoisotopic (exact) mass is 662 g/mol. The number of aromatic nitrogens is 3. The lowest BCUT2D eigenvalue weighted by Crippen LogP contribution is -2.55. The van der Waals surface area contributed by atoms with Gasteiger partial charge in [-0.15, -0.1) is 11.8 Å². The van der Waals surface area contributed by atoms with Crippen LogP contribution in [0.15, 0.2) is 43.0 Å². The minimum absolute atomic E-state index is 0.0451. The summed E-state index contributed by atoms with van der Waals surface area (Å²) in [4.78, 5) is 35.2. The molecule has 2 saturated heterocycles. The van der Waals surface area contributed by atoms with Crippen molar-refractivity contribution in [3.8, 4) is 12.1 Å². The van der Waals surface area contributed by atoms with Gasteiger partial charge in [0.1, 0.15) is 12.4 Å². The summed E-state index contributed by atoms with van der Waals surface area (Å²) in [6.45, 7) is 8.17. The fraction of sp³-hybridized carbons (Fsp3) is 0.485. The van der Waals surface area contributed by atoms with Crippen LogP contribution in [0.1, 0.15) is 37.4 Å². The number of ether oxygens (including phenoxy) is 1. The molecule has 5 heterocycles. The zero-order valence-corrected chi connectivity index (χ0v) is 27.5. The Balaban J connectivity index is 1.19. The van der Waals surface area contributed by atoms with Crippen molar-refractivity contribution in [2.75, 3.05) is 49.6 Å². The lowest BCUT2D eigenvalue weighted by Gasteiger charge is -2.42. The van der Waals surface area contributed by atoms with Crippen LogP contribution < -0.4 is 14.5 Å². The largest absolute Gasteiger partial charge is 0.462 e. The van der Waals surface area contributed by atoms with Crippen LogP contribution in [0.5, 0.6) is 6.01 Å². The second-order valence-corrected chi connectivity index (χ2v) is 14.6. The van der Waals surface area contributed by atoms with E-state index in [-0.39, 0.29) is 17.8 Å². The van der Waals surface area contributed by atoms with Crippen LogP contribution >= 0.6 is 23.4 Å². The lowest BCUT2D eigenvalue weighted by molar-refractivity contribution is -0.131. The van der Waals surface area contributed by atoms with E-state index in [4.69, 9.17) is 26.3 Å². The van der Waals surface area contributed by atoms with Crippen molar-refractivity contribution in [1.29, 1.82) is 5.26 Å². The van der Waals surface area contributed by atoms with Crippen LogP contribution in [0.2, 0.25) is 5.02 Å². The van der Waals surface area contributed by atoms with Crippen LogP contribution in [-0.2, 0) is 17.8 Å². The molecule has 3 atom stereocenters. The summed E-state index contributed by atoms with van der Waals surface area (Å²) < 4.78 is 20.2. The van der Waals surface area contributed by atoms with Gasteiger partial charge in [0.15, 0.2) is 5.83 Å². The molecule has 0 N–H and O–H groups in total. The van der Waals surface area contributed by atoms with Gasteiger partial charge in [-0.05, 0) is 39.3 Å². The highest BCUT2D eigenvalue weighted by Gasteiger charge is 2.57. The summed E-state index contributed by atoms with van der Waals surface area (Å²) in [7, 11) is 2.20. The molecule has 1 unspecified atom stereocenters. The van der Waals surface area contributed by atoms with Gasteiger partial charge in [-0.2, -0.15) is 15.2 Å². The number of fused-ring (bicyclic) bond motifs is 2. The molecule has 0 radical (unpaired) electrons. The number of hydrogen-bond donors (Lipinski definition) is 0. The van der Waals surface area contributed by atoms with E-state index in [0.717, 1.165) is 33.5 Å². The van der Waals surface area contributed by atoms with Gasteiger partial charge >= 0.3 is 6.01 Å². The third kappa shape index (κ3) is 5.73. The predicted molar refractivity (Wildman–Crippen MR) is 178 cm³/mol. The number of amides is 1. The predicted octanol–water partition coefficient (Wildman–Crippen LogP) is 4.96. The molecule has 2 aromatic heterocycles. The zero-order valence-electron chi connectivity index (χ0n) is 26.0. The minimum atomic E-state index is -1.02. The zero-order chi connectivity index (χ0) is 32.2. The van der Waals surface area contributed by atoms with Crippen molar-refractivity contribution in [3.63, 3.8) is 0 Å². The van der Waals surface area contributed by atoms with E-state index in [1.54, 1.807) is 0 Å². The summed E-state index contributed by atoms with van der Waals surface area (Å²) in [6.07, 6.45) is 6.90. The van der Waals surface area contributed by atoms with Crippen molar-refractivity contribution in [3.05, 3.63) is 59.3 Å². The Morgan fingerprint density at radius 3 is 2.85 bits per heavy atom. The highest BCUT2D eigenvalue weighted by molar-refractivity contribution is 8.08. The van der Waals surface area contributed by atoms with Gasteiger partial charge in [0.25, 0.3) is 5.91 Å². The molecule has 1 aromatic carbocycles. The number of piperazine rings is 1. The summed E-state index contributed by atoms with van der Waals surface area (Å²) >= 11 is 8.59. The average Bonchev–Trinajstić information content (AvgIpc) is 4.00. The van der Waals surface area contributed by atoms with Gasteiger partial charge in [-0.1, -0.05) is 30.3 Å². The molecule has 4 aliphatic rings. The van der Waals surface area contributed by atoms with Crippen LogP contribution in [0.4, 0.5) is 15.9 Å². The van der Waals surface area contributed by atoms with E-state index in [2.05, 4.69) is 46.3 Å². The van der Waals surface area contributed by atoms with Crippen molar-refractivity contribution >= 4 is 51.5 Å². The highest BCUT2D eigenvalue weighted by atomic mass is 35.5. The number of anilines is 2. The average molecular weight is 663 g/mol. The standard InChI is InChI=1S/C33H36ClFN8O2S/c1-20(35)31(44)43-14-13-42(17-23(43)9-11-36)30-24-10-12-41(27-16-37-15-21-5-4-6-25(34)29(21)27)18-26(24)38-32(39-30)45-19-28-33(2,46-28)40(3)22-7-8-22/h4-6,15-16,22-23,28H,1,7-10,12-14,17-19H2,2-3H3/t23-,28?,33-/m0/s1. The van der Waals surface area contributed by atoms with Crippen molar-refractivity contribution in [2.24, 2.45) is 0 Å². The van der Waals surface area contributed by atoms with E-state index >= 15 is 0 Å². The number of rotatable bonds is 9. The molecule has 0 bridgehead atoms. The first-order valence-corrected chi connectivity index (χ1v) is 16.9. The topological polar surface area (TPSA) is 102 Å². The smallest absolute Gasteiger partial charge is 0.318 e. The van der Waals surface area contributed by atoms with Crippen molar-refractivity contribution in [1.82, 2.24) is 24.8 Å². The van der Waals surface area contributed by atoms with Crippen LogP contribution in [0.25, 0.3) is 10.8 Å². The first kappa shape index (κ1) is 31.0. The lowest BCUT2D eigenvalue weighted by atomic mass is 10.0. The molecule has 1 saturated carbocycles. The maximum Gasteiger partial charge on any atom is 0.318 e. The SMILES string of the molecule is C=C(F)C(=O)N1CCN(c2nc(OCC3S[C@]3(C)N(C)C3CC3)nc3c2CCN(c2cncc4cccc(Cl)c24)C3)C[C@@H]1CC#N. The van der Waals surface area contributed by atoms with Gasteiger partial charge in [-0.3, -0.25) is 14.7 Å². The second-order valence-electron chi connectivity index (χ2n) is 12.6. The Labute approximate surface area is 277 Å². The number of nitriles is 1. The first-order valence-electron chi connectivity index (χ1n) is 15.7. The molecule has 10 nitrogen and oxygen atoms in total. The molecule has 3 aromatic rings. The maximum atomic E-state index is 13.9. The Morgan fingerprint density at radius 2 is 2.09 bits per heavy atom. The van der Waals surface area contributed by atoms with E-state index in [1.807, 2.05) is 42.4 Å². The van der Waals surface area contributed by atoms with Gasteiger partial charge in [0.05, 0.1) is 57.8 Å². The maximum absolute atomic E-state index is 13.9. The van der Waals surface area contributed by atoms with Crippen LogP contribution in [0, 0.1) is 11.3 Å². The fourth-order valence-corrected chi connectivity index (χ4v) is 8.28. The number of carbonyl (C=O) groups is 1. The molecule has 7 rings (SSSR count). The van der Waals surface area contributed by atoms with Gasteiger partial charge in [-0.25, -0.2) is 4.39 Å². The van der Waals surface area contributed by atoms with E-state index in [1.165, 1.54) is 17.7 Å². The second kappa shape index (κ2) is 12.2. The van der Waals surface area contributed by atoms with Gasteiger partial charge in [0, 0.05) is 54.8 Å². The minimum Gasteiger partial charge on any atom is -0.462 e. The molecular weight excluding hydrogens is 627 g/mol. The third-order valence-electron chi connectivity index (χ3n) is 9.76. The summed E-state index contributed by atoms with van der Waals surface area (Å²) in [6, 6.07) is 8.44. The van der Waals surface area contributed by atoms with E-state index < -0.39 is 17.8 Å². The number of carbonyl (C=O) groups excluding carboxylic acids is 1. The molecular formula is C33H36ClFN8O2S. The Kier molecular flexibility index (Phi) is 8.19. The number of thioether (sulfide) groups is 1.